The van der Waals surface area contributed by atoms with Gasteiger partial charge in [-0.25, -0.2) is 4.98 Å². The molecule has 1 aromatic heterocycles. The average molecular weight is 509 g/mol. The lowest BCUT2D eigenvalue weighted by Gasteiger charge is -2.50. The second-order valence-electron chi connectivity index (χ2n) is 9.60. The molecular weight excluding hydrogens is 480 g/mol. The van der Waals surface area contributed by atoms with E-state index in [-0.39, 0.29) is 17.9 Å². The first-order chi connectivity index (χ1) is 18.2. The third-order valence-electron chi connectivity index (χ3n) is 7.41. The highest BCUT2D eigenvalue weighted by Crippen LogP contribution is 2.30. The predicted octanol–water partition coefficient (Wildman–Crippen LogP) is 4.83. The van der Waals surface area contributed by atoms with Crippen LogP contribution >= 0.6 is 11.3 Å². The van der Waals surface area contributed by atoms with Crippen LogP contribution in [0.2, 0.25) is 0 Å². The number of aromatic nitrogens is 1. The Morgan fingerprint density at radius 1 is 0.757 bits per heavy atom. The summed E-state index contributed by atoms with van der Waals surface area (Å²) >= 11 is 1.44. The summed E-state index contributed by atoms with van der Waals surface area (Å²) in [6.07, 6.45) is 0. The van der Waals surface area contributed by atoms with E-state index in [9.17, 15) is 9.59 Å². The van der Waals surface area contributed by atoms with Crippen molar-refractivity contribution < 1.29 is 9.59 Å². The zero-order valence-corrected chi connectivity index (χ0v) is 21.3. The summed E-state index contributed by atoms with van der Waals surface area (Å²) < 4.78 is 0. The van der Waals surface area contributed by atoms with Crippen LogP contribution in [-0.4, -0.2) is 70.3 Å². The Bertz CT molecular complexity index is 1350. The Hall–Kier alpha value is -3.81. The van der Waals surface area contributed by atoms with Gasteiger partial charge in [-0.05, 0) is 28.8 Å². The van der Waals surface area contributed by atoms with E-state index in [1.165, 1.54) is 11.3 Å². The molecule has 1 atom stereocenters. The first kappa shape index (κ1) is 23.6. The molecule has 6 nitrogen and oxygen atoms in total. The molecule has 2 saturated heterocycles. The highest BCUT2D eigenvalue weighted by molar-refractivity contribution is 7.07. The second-order valence-corrected chi connectivity index (χ2v) is 10.3. The van der Waals surface area contributed by atoms with Crippen molar-refractivity contribution >= 4 is 23.2 Å². The minimum atomic E-state index is -0.0422. The Morgan fingerprint density at radius 2 is 1.43 bits per heavy atom. The van der Waals surface area contributed by atoms with Crippen molar-refractivity contribution in [2.24, 2.45) is 0 Å². The first-order valence-corrected chi connectivity index (χ1v) is 13.5. The molecule has 0 saturated carbocycles. The molecule has 2 fully saturated rings. The topological polar surface area (TPSA) is 56.8 Å². The van der Waals surface area contributed by atoms with Gasteiger partial charge in [-0.1, -0.05) is 72.8 Å². The minimum absolute atomic E-state index is 0.0147. The van der Waals surface area contributed by atoms with E-state index in [4.69, 9.17) is 0 Å². The number of benzene rings is 3. The molecule has 4 aromatic rings. The lowest BCUT2D eigenvalue weighted by atomic mass is 9.97. The zero-order valence-electron chi connectivity index (χ0n) is 20.4. The van der Waals surface area contributed by atoms with Gasteiger partial charge in [0.05, 0.1) is 11.6 Å². The van der Waals surface area contributed by atoms with E-state index >= 15 is 0 Å². The van der Waals surface area contributed by atoms with Gasteiger partial charge in [0, 0.05) is 49.7 Å². The highest BCUT2D eigenvalue weighted by atomic mass is 32.1. The van der Waals surface area contributed by atoms with E-state index in [1.807, 2.05) is 75.8 Å². The van der Waals surface area contributed by atoms with Crippen molar-refractivity contribution in [2.45, 2.75) is 12.1 Å². The van der Waals surface area contributed by atoms with Gasteiger partial charge in [-0.15, -0.1) is 11.3 Å². The fourth-order valence-corrected chi connectivity index (χ4v) is 5.80. The number of thiazole rings is 1. The van der Waals surface area contributed by atoms with Crippen LogP contribution in [0, 0.1) is 0 Å². The molecule has 3 aromatic carbocycles. The number of carbonyl (C=O) groups is 2. The smallest absolute Gasteiger partial charge is 0.273 e. The normalized spacial score (nSPS) is 18.4. The van der Waals surface area contributed by atoms with Gasteiger partial charge in [-0.3, -0.25) is 14.5 Å². The van der Waals surface area contributed by atoms with Crippen LogP contribution in [-0.2, 0) is 0 Å². The first-order valence-electron chi connectivity index (χ1n) is 12.6. The SMILES string of the molecule is O=C(c1ccc(-c2ccccc2)cc1)N1CC(N2CCN(C(=O)c3cscn3)C(c3ccccc3)C2)C1. The molecule has 1 unspecified atom stereocenters. The van der Waals surface area contributed by atoms with E-state index in [1.54, 1.807) is 5.51 Å². The average Bonchev–Trinajstić information content (AvgIpc) is 3.48. The van der Waals surface area contributed by atoms with E-state index < -0.39 is 0 Å². The summed E-state index contributed by atoms with van der Waals surface area (Å²) in [7, 11) is 0. The van der Waals surface area contributed by atoms with Gasteiger partial charge in [0.1, 0.15) is 5.69 Å². The van der Waals surface area contributed by atoms with Crippen LogP contribution in [0.25, 0.3) is 11.1 Å². The van der Waals surface area contributed by atoms with Crippen molar-refractivity contribution in [3.05, 3.63) is 113 Å². The van der Waals surface area contributed by atoms with Crippen molar-refractivity contribution in [2.75, 3.05) is 32.7 Å². The monoisotopic (exact) mass is 508 g/mol. The maximum absolute atomic E-state index is 13.2. The number of piperazine rings is 1. The number of hydrogen-bond acceptors (Lipinski definition) is 5. The van der Waals surface area contributed by atoms with E-state index in [0.29, 0.717) is 31.4 Å². The van der Waals surface area contributed by atoms with Crippen molar-refractivity contribution in [1.82, 2.24) is 19.7 Å². The molecule has 2 aliphatic heterocycles. The van der Waals surface area contributed by atoms with Crippen LogP contribution in [0.5, 0.6) is 0 Å². The molecule has 7 heteroatoms. The van der Waals surface area contributed by atoms with Gasteiger partial charge in [0.15, 0.2) is 0 Å². The second kappa shape index (κ2) is 10.3. The quantitative estimate of drug-likeness (QED) is 0.387. The number of rotatable bonds is 5. The van der Waals surface area contributed by atoms with Crippen LogP contribution in [0.4, 0.5) is 0 Å². The molecule has 2 aliphatic rings. The summed E-state index contributed by atoms with van der Waals surface area (Å²) in [5, 5.41) is 1.82. The molecule has 0 aliphatic carbocycles. The summed E-state index contributed by atoms with van der Waals surface area (Å²) in [6, 6.07) is 28.5. The Balaban J connectivity index is 1.11. The third-order valence-corrected chi connectivity index (χ3v) is 8.00. The lowest BCUT2D eigenvalue weighted by molar-refractivity contribution is -0.00768. The van der Waals surface area contributed by atoms with Gasteiger partial charge >= 0.3 is 0 Å². The fraction of sp³-hybridized carbons (Fsp3) is 0.233. The summed E-state index contributed by atoms with van der Waals surface area (Å²) in [4.78, 5) is 36.9. The van der Waals surface area contributed by atoms with Gasteiger partial charge in [0.2, 0.25) is 0 Å². The number of carbonyl (C=O) groups excluding carboxylic acids is 2. The van der Waals surface area contributed by atoms with Gasteiger partial charge in [-0.2, -0.15) is 0 Å². The lowest BCUT2D eigenvalue weighted by Crippen LogP contribution is -2.64. The zero-order chi connectivity index (χ0) is 25.2. The van der Waals surface area contributed by atoms with E-state index in [0.717, 1.165) is 35.3 Å². The summed E-state index contributed by atoms with van der Waals surface area (Å²) in [5.41, 5.74) is 6.32. The highest BCUT2D eigenvalue weighted by Gasteiger charge is 2.40. The third kappa shape index (κ3) is 4.80. The molecule has 6 rings (SSSR count). The molecular formula is C30H28N4O2S. The molecule has 37 heavy (non-hydrogen) atoms. The number of amides is 2. The number of likely N-dealkylation sites (tertiary alicyclic amines) is 1. The molecule has 186 valence electrons. The maximum atomic E-state index is 13.2. The van der Waals surface area contributed by atoms with Crippen LogP contribution in [0.3, 0.4) is 0 Å². The van der Waals surface area contributed by atoms with E-state index in [2.05, 4.69) is 34.1 Å². The Morgan fingerprint density at radius 3 is 2.11 bits per heavy atom. The van der Waals surface area contributed by atoms with Crippen molar-refractivity contribution in [3.63, 3.8) is 0 Å². The Labute approximate surface area is 220 Å². The maximum Gasteiger partial charge on any atom is 0.273 e. The Kier molecular flexibility index (Phi) is 6.55. The number of nitrogens with zero attached hydrogens (tertiary/aromatic N) is 4. The van der Waals surface area contributed by atoms with Crippen LogP contribution < -0.4 is 0 Å². The minimum Gasteiger partial charge on any atom is -0.335 e. The number of hydrogen-bond donors (Lipinski definition) is 0. The fourth-order valence-electron chi connectivity index (χ4n) is 5.28. The largest absolute Gasteiger partial charge is 0.335 e. The standard InChI is InChI=1S/C30H28N4O2S/c35-29(25-13-11-23(12-14-25)22-7-3-1-4-8-22)33-17-26(18-33)32-15-16-34(30(36)27-20-37-21-31-27)28(19-32)24-9-5-2-6-10-24/h1-14,20-21,26,28H,15-19H2. The molecule has 2 amide bonds. The molecule has 0 radical (unpaired) electrons. The molecule has 0 bridgehead atoms. The van der Waals surface area contributed by atoms with Crippen molar-refractivity contribution in [3.8, 4) is 11.1 Å². The predicted molar refractivity (Wildman–Crippen MR) is 145 cm³/mol. The molecule has 0 N–H and O–H groups in total. The van der Waals surface area contributed by atoms with Crippen LogP contribution in [0.1, 0.15) is 32.5 Å². The van der Waals surface area contributed by atoms with Gasteiger partial charge < -0.3 is 9.80 Å². The molecule has 0 spiro atoms. The van der Waals surface area contributed by atoms with Gasteiger partial charge in [0.25, 0.3) is 11.8 Å². The summed E-state index contributed by atoms with van der Waals surface area (Å²) in [5.74, 6) is 0.0620. The summed E-state index contributed by atoms with van der Waals surface area (Å²) in [6.45, 7) is 3.60. The van der Waals surface area contributed by atoms with Crippen LogP contribution in [0.15, 0.2) is 95.8 Å². The van der Waals surface area contributed by atoms with Crippen molar-refractivity contribution in [1.29, 1.82) is 0 Å². The molecule has 3 heterocycles.